The van der Waals surface area contributed by atoms with E-state index < -0.39 is 0 Å². The van der Waals surface area contributed by atoms with Gasteiger partial charge in [0.1, 0.15) is 5.69 Å². The highest BCUT2D eigenvalue weighted by Gasteiger charge is 2.04. The van der Waals surface area contributed by atoms with Gasteiger partial charge in [-0.1, -0.05) is 35.4 Å². The Morgan fingerprint density at radius 3 is 2.53 bits per heavy atom. The van der Waals surface area contributed by atoms with Gasteiger partial charge < -0.3 is 0 Å². The highest BCUT2D eigenvalue weighted by atomic mass is 16.2. The Hall–Kier alpha value is -2.20. The first kappa shape index (κ1) is 13.2. The highest BCUT2D eigenvalue weighted by Crippen LogP contribution is 2.08. The Balaban J connectivity index is 1.88. The van der Waals surface area contributed by atoms with Crippen LogP contribution in [0.4, 0.5) is 0 Å². The molecule has 1 heterocycles. The second-order valence-corrected chi connectivity index (χ2v) is 4.52. The molecule has 0 aliphatic carbocycles. The summed E-state index contributed by atoms with van der Waals surface area (Å²) >= 11 is 0. The normalized spacial score (nSPS) is 10.2. The number of aromatic nitrogens is 1. The SMILES string of the molecule is Cc1cc(C)cc(CNNC(=O)c2ccccn2)c1. The molecule has 0 saturated carbocycles. The van der Waals surface area contributed by atoms with Gasteiger partial charge in [0.25, 0.3) is 5.91 Å². The lowest BCUT2D eigenvalue weighted by atomic mass is 10.1. The zero-order chi connectivity index (χ0) is 13.7. The third-order valence-corrected chi connectivity index (χ3v) is 2.67. The first-order chi connectivity index (χ1) is 9.15. The Kier molecular flexibility index (Phi) is 4.26. The van der Waals surface area contributed by atoms with Gasteiger partial charge in [-0.3, -0.25) is 15.2 Å². The Morgan fingerprint density at radius 2 is 1.89 bits per heavy atom. The molecular formula is C15H17N3O. The van der Waals surface area contributed by atoms with Crippen molar-refractivity contribution in [2.45, 2.75) is 20.4 Å². The van der Waals surface area contributed by atoms with E-state index in [4.69, 9.17) is 0 Å². The third-order valence-electron chi connectivity index (χ3n) is 2.67. The summed E-state index contributed by atoms with van der Waals surface area (Å²) in [5, 5.41) is 0. The lowest BCUT2D eigenvalue weighted by molar-refractivity contribution is 0.0927. The number of carbonyl (C=O) groups excluding carboxylic acids is 1. The summed E-state index contributed by atoms with van der Waals surface area (Å²) in [5.74, 6) is -0.232. The predicted octanol–water partition coefficient (Wildman–Crippen LogP) is 2.13. The first-order valence-electron chi connectivity index (χ1n) is 6.16. The summed E-state index contributed by atoms with van der Waals surface area (Å²) < 4.78 is 0. The van der Waals surface area contributed by atoms with E-state index in [1.165, 1.54) is 11.1 Å². The Labute approximate surface area is 112 Å². The number of nitrogens with one attached hydrogen (secondary N) is 2. The van der Waals surface area contributed by atoms with Crippen LogP contribution in [0.15, 0.2) is 42.6 Å². The number of hydrazine groups is 1. The van der Waals surface area contributed by atoms with Crippen LogP contribution in [-0.2, 0) is 6.54 Å². The van der Waals surface area contributed by atoms with Crippen LogP contribution in [0.25, 0.3) is 0 Å². The summed E-state index contributed by atoms with van der Waals surface area (Å²) in [6.45, 7) is 4.70. The number of hydrogen-bond acceptors (Lipinski definition) is 3. The molecule has 1 aromatic carbocycles. The highest BCUT2D eigenvalue weighted by molar-refractivity contribution is 5.91. The molecule has 2 aromatic rings. The molecule has 0 saturated heterocycles. The minimum atomic E-state index is -0.232. The lowest BCUT2D eigenvalue weighted by Crippen LogP contribution is -2.37. The monoisotopic (exact) mass is 255 g/mol. The molecule has 0 bridgehead atoms. The number of hydrogen-bond donors (Lipinski definition) is 2. The third kappa shape index (κ3) is 3.89. The van der Waals surface area contributed by atoms with Gasteiger partial charge in [-0.15, -0.1) is 0 Å². The van der Waals surface area contributed by atoms with Crippen LogP contribution in [0.5, 0.6) is 0 Å². The number of nitrogens with zero attached hydrogens (tertiary/aromatic N) is 1. The largest absolute Gasteiger partial charge is 0.286 e. The maximum Gasteiger partial charge on any atom is 0.283 e. The van der Waals surface area contributed by atoms with E-state index in [0.29, 0.717) is 12.2 Å². The fraction of sp³-hybridized carbons (Fsp3) is 0.200. The quantitative estimate of drug-likeness (QED) is 0.823. The molecule has 2 N–H and O–H groups in total. The Bertz CT molecular complexity index is 547. The zero-order valence-electron chi connectivity index (χ0n) is 11.1. The van der Waals surface area contributed by atoms with Crippen LogP contribution in [0, 0.1) is 13.8 Å². The number of rotatable bonds is 4. The first-order valence-corrected chi connectivity index (χ1v) is 6.16. The average Bonchev–Trinajstić information content (AvgIpc) is 2.38. The van der Waals surface area contributed by atoms with E-state index in [2.05, 4.69) is 47.9 Å². The molecule has 0 spiro atoms. The number of carbonyl (C=O) groups is 1. The second-order valence-electron chi connectivity index (χ2n) is 4.52. The minimum Gasteiger partial charge on any atom is -0.286 e. The molecule has 98 valence electrons. The van der Waals surface area contributed by atoms with Crippen molar-refractivity contribution in [1.29, 1.82) is 0 Å². The summed E-state index contributed by atoms with van der Waals surface area (Å²) in [5.41, 5.74) is 9.52. The van der Waals surface area contributed by atoms with Gasteiger partial charge in [0, 0.05) is 12.7 Å². The lowest BCUT2D eigenvalue weighted by Gasteiger charge is -2.08. The van der Waals surface area contributed by atoms with Gasteiger partial charge in [-0.05, 0) is 31.5 Å². The molecule has 0 aliphatic rings. The molecule has 0 aliphatic heterocycles. The summed E-state index contributed by atoms with van der Waals surface area (Å²) in [7, 11) is 0. The summed E-state index contributed by atoms with van der Waals surface area (Å²) in [4.78, 5) is 15.7. The molecule has 19 heavy (non-hydrogen) atoms. The zero-order valence-corrected chi connectivity index (χ0v) is 11.1. The fourth-order valence-corrected chi connectivity index (χ4v) is 1.96. The van der Waals surface area contributed by atoms with Crippen molar-refractivity contribution in [3.63, 3.8) is 0 Å². The van der Waals surface area contributed by atoms with E-state index in [0.717, 1.165) is 5.56 Å². The molecule has 2 rings (SSSR count). The van der Waals surface area contributed by atoms with Crippen LogP contribution in [0.2, 0.25) is 0 Å². The van der Waals surface area contributed by atoms with Crippen LogP contribution in [0.3, 0.4) is 0 Å². The van der Waals surface area contributed by atoms with Crippen molar-refractivity contribution in [1.82, 2.24) is 15.8 Å². The van der Waals surface area contributed by atoms with Gasteiger partial charge in [0.2, 0.25) is 0 Å². The van der Waals surface area contributed by atoms with Crippen molar-refractivity contribution < 1.29 is 4.79 Å². The van der Waals surface area contributed by atoms with Crippen molar-refractivity contribution in [3.05, 3.63) is 65.0 Å². The van der Waals surface area contributed by atoms with Crippen LogP contribution < -0.4 is 10.9 Å². The Morgan fingerprint density at radius 1 is 1.16 bits per heavy atom. The number of aryl methyl sites for hydroxylation is 2. The summed E-state index contributed by atoms with van der Waals surface area (Å²) in [6, 6.07) is 11.5. The van der Waals surface area contributed by atoms with Gasteiger partial charge in [0.05, 0.1) is 0 Å². The molecule has 4 nitrogen and oxygen atoms in total. The molecule has 0 fully saturated rings. The smallest absolute Gasteiger partial charge is 0.283 e. The molecule has 0 atom stereocenters. The minimum absolute atomic E-state index is 0.232. The second kappa shape index (κ2) is 6.11. The van der Waals surface area contributed by atoms with Gasteiger partial charge >= 0.3 is 0 Å². The topological polar surface area (TPSA) is 54.0 Å². The summed E-state index contributed by atoms with van der Waals surface area (Å²) in [6.07, 6.45) is 1.60. The molecular weight excluding hydrogens is 238 g/mol. The van der Waals surface area contributed by atoms with E-state index in [-0.39, 0.29) is 5.91 Å². The van der Waals surface area contributed by atoms with Crippen LogP contribution >= 0.6 is 0 Å². The van der Waals surface area contributed by atoms with E-state index in [1.807, 2.05) is 0 Å². The standard InChI is InChI=1S/C15H17N3O/c1-11-7-12(2)9-13(8-11)10-17-18-15(19)14-5-3-4-6-16-14/h3-9,17H,10H2,1-2H3,(H,18,19). The molecule has 4 heteroatoms. The molecule has 1 amide bonds. The van der Waals surface area contributed by atoms with E-state index in [1.54, 1.807) is 24.4 Å². The van der Waals surface area contributed by atoms with Crippen molar-refractivity contribution in [2.24, 2.45) is 0 Å². The number of benzene rings is 1. The number of amides is 1. The maximum atomic E-state index is 11.7. The van der Waals surface area contributed by atoms with E-state index >= 15 is 0 Å². The fourth-order valence-electron chi connectivity index (χ4n) is 1.96. The molecule has 1 aromatic heterocycles. The van der Waals surface area contributed by atoms with Crippen molar-refractivity contribution in [2.75, 3.05) is 0 Å². The molecule has 0 radical (unpaired) electrons. The number of pyridine rings is 1. The maximum absolute atomic E-state index is 11.7. The average molecular weight is 255 g/mol. The predicted molar refractivity (Wildman–Crippen MR) is 74.5 cm³/mol. The van der Waals surface area contributed by atoms with Gasteiger partial charge in [-0.2, -0.15) is 0 Å². The van der Waals surface area contributed by atoms with Gasteiger partial charge in [0.15, 0.2) is 0 Å². The molecule has 0 unspecified atom stereocenters. The van der Waals surface area contributed by atoms with Crippen molar-refractivity contribution >= 4 is 5.91 Å². The van der Waals surface area contributed by atoms with Gasteiger partial charge in [-0.25, -0.2) is 5.43 Å². The van der Waals surface area contributed by atoms with Crippen LogP contribution in [0.1, 0.15) is 27.2 Å². The van der Waals surface area contributed by atoms with E-state index in [9.17, 15) is 4.79 Å². The van der Waals surface area contributed by atoms with Crippen LogP contribution in [-0.4, -0.2) is 10.9 Å². The van der Waals surface area contributed by atoms with Crippen molar-refractivity contribution in [3.8, 4) is 0 Å².